The number of likely N-dealkylation sites (N-methyl/N-ethyl adjacent to an activating group) is 1. The minimum absolute atomic E-state index is 0.0463. The van der Waals surface area contributed by atoms with Crippen molar-refractivity contribution < 1.29 is 9.59 Å². The monoisotopic (exact) mass is 330 g/mol. The Morgan fingerprint density at radius 1 is 1.17 bits per heavy atom. The normalized spacial score (nSPS) is 23.7. The van der Waals surface area contributed by atoms with Crippen molar-refractivity contribution in [1.29, 1.82) is 0 Å². The largest absolute Gasteiger partial charge is 0.355 e. The maximum atomic E-state index is 12.9. The van der Waals surface area contributed by atoms with E-state index in [-0.39, 0.29) is 18.0 Å². The number of carbonyl (C=O) groups is 2. The molecule has 3 rings (SSSR count). The van der Waals surface area contributed by atoms with Gasteiger partial charge in [0.25, 0.3) is 5.91 Å². The molecule has 6 heteroatoms. The van der Waals surface area contributed by atoms with Gasteiger partial charge in [0.1, 0.15) is 0 Å². The minimum Gasteiger partial charge on any atom is -0.355 e. The number of rotatable bonds is 2. The van der Waals surface area contributed by atoms with Crippen molar-refractivity contribution in [3.8, 4) is 0 Å². The van der Waals surface area contributed by atoms with E-state index in [1.807, 2.05) is 17.9 Å². The first-order valence-electron chi connectivity index (χ1n) is 8.60. The predicted octanol–water partition coefficient (Wildman–Crippen LogP) is 2.06. The van der Waals surface area contributed by atoms with Gasteiger partial charge in [0.2, 0.25) is 0 Å². The SMILES string of the molecule is CNC(=O)c1ccc(C)c(NC(=O)N2[C@@H]3CC[C@H]2CN(C)CC3)c1. The van der Waals surface area contributed by atoms with Crippen molar-refractivity contribution in [2.75, 3.05) is 32.5 Å². The predicted molar refractivity (Wildman–Crippen MR) is 94.4 cm³/mol. The van der Waals surface area contributed by atoms with E-state index in [0.717, 1.165) is 37.9 Å². The van der Waals surface area contributed by atoms with Gasteiger partial charge in [0.15, 0.2) is 0 Å². The van der Waals surface area contributed by atoms with Crippen LogP contribution in [0.5, 0.6) is 0 Å². The molecule has 2 bridgehead atoms. The van der Waals surface area contributed by atoms with Gasteiger partial charge in [-0.1, -0.05) is 6.07 Å². The summed E-state index contributed by atoms with van der Waals surface area (Å²) in [6, 6.07) is 5.94. The van der Waals surface area contributed by atoms with Crippen LogP contribution >= 0.6 is 0 Å². The van der Waals surface area contributed by atoms with E-state index in [0.29, 0.717) is 17.3 Å². The van der Waals surface area contributed by atoms with Crippen molar-refractivity contribution in [3.63, 3.8) is 0 Å². The summed E-state index contributed by atoms with van der Waals surface area (Å²) in [5, 5.41) is 5.65. The molecule has 2 N–H and O–H groups in total. The number of carbonyl (C=O) groups excluding carboxylic acids is 2. The van der Waals surface area contributed by atoms with Gasteiger partial charge in [-0.05, 0) is 57.5 Å². The van der Waals surface area contributed by atoms with Gasteiger partial charge in [-0.15, -0.1) is 0 Å². The minimum atomic E-state index is -0.151. The summed E-state index contributed by atoms with van der Waals surface area (Å²) in [7, 11) is 3.72. The first-order valence-corrected chi connectivity index (χ1v) is 8.60. The molecule has 2 aliphatic rings. The zero-order chi connectivity index (χ0) is 17.3. The molecule has 2 saturated heterocycles. The summed E-state index contributed by atoms with van der Waals surface area (Å²) >= 11 is 0. The van der Waals surface area contributed by atoms with Gasteiger partial charge in [-0.25, -0.2) is 4.79 Å². The number of likely N-dealkylation sites (tertiary alicyclic amines) is 1. The highest BCUT2D eigenvalue weighted by Gasteiger charge is 2.39. The van der Waals surface area contributed by atoms with Crippen LogP contribution < -0.4 is 10.6 Å². The van der Waals surface area contributed by atoms with Crippen LogP contribution in [0.15, 0.2) is 18.2 Å². The molecule has 1 aromatic rings. The van der Waals surface area contributed by atoms with E-state index in [2.05, 4.69) is 22.6 Å². The fourth-order valence-corrected chi connectivity index (χ4v) is 3.80. The molecule has 3 amide bonds. The number of fused-ring (bicyclic) bond motifs is 2. The number of urea groups is 1. The quantitative estimate of drug-likeness (QED) is 0.872. The Bertz CT molecular complexity index is 646. The molecule has 6 nitrogen and oxygen atoms in total. The molecule has 0 unspecified atom stereocenters. The number of nitrogens with one attached hydrogen (secondary N) is 2. The summed E-state index contributed by atoms with van der Waals surface area (Å²) in [5.41, 5.74) is 2.21. The lowest BCUT2D eigenvalue weighted by Crippen LogP contribution is -2.45. The molecule has 0 aromatic heterocycles. The molecule has 0 aliphatic carbocycles. The molecule has 2 aliphatic heterocycles. The smallest absolute Gasteiger partial charge is 0.322 e. The Morgan fingerprint density at radius 2 is 1.92 bits per heavy atom. The maximum Gasteiger partial charge on any atom is 0.322 e. The summed E-state index contributed by atoms with van der Waals surface area (Å²) in [4.78, 5) is 29.0. The molecular formula is C18H26N4O2. The van der Waals surface area contributed by atoms with E-state index >= 15 is 0 Å². The van der Waals surface area contributed by atoms with Crippen molar-refractivity contribution in [3.05, 3.63) is 29.3 Å². The van der Waals surface area contributed by atoms with Crippen LogP contribution in [0.3, 0.4) is 0 Å². The van der Waals surface area contributed by atoms with Crippen LogP contribution in [-0.4, -0.2) is 61.0 Å². The Balaban J connectivity index is 1.78. The molecular weight excluding hydrogens is 304 g/mol. The second-order valence-corrected chi connectivity index (χ2v) is 6.88. The third-order valence-corrected chi connectivity index (χ3v) is 5.19. The molecule has 0 radical (unpaired) electrons. The Morgan fingerprint density at radius 3 is 2.67 bits per heavy atom. The Labute approximate surface area is 143 Å². The Kier molecular flexibility index (Phi) is 4.76. The highest BCUT2D eigenvalue weighted by molar-refractivity contribution is 5.97. The van der Waals surface area contributed by atoms with E-state index in [1.54, 1.807) is 19.2 Å². The Hall–Kier alpha value is -2.08. The molecule has 2 fully saturated rings. The van der Waals surface area contributed by atoms with Gasteiger partial charge < -0.3 is 20.4 Å². The highest BCUT2D eigenvalue weighted by atomic mass is 16.2. The van der Waals surface area contributed by atoms with Gasteiger partial charge in [-0.2, -0.15) is 0 Å². The summed E-state index contributed by atoms with van der Waals surface area (Å²) in [6.07, 6.45) is 3.18. The van der Waals surface area contributed by atoms with Crippen molar-refractivity contribution in [2.45, 2.75) is 38.3 Å². The fourth-order valence-electron chi connectivity index (χ4n) is 3.80. The van der Waals surface area contributed by atoms with Gasteiger partial charge in [-0.3, -0.25) is 4.79 Å². The van der Waals surface area contributed by atoms with Crippen molar-refractivity contribution in [1.82, 2.24) is 15.1 Å². The van der Waals surface area contributed by atoms with Crippen LogP contribution in [0.4, 0.5) is 10.5 Å². The van der Waals surface area contributed by atoms with Crippen LogP contribution in [0, 0.1) is 6.92 Å². The number of aryl methyl sites for hydroxylation is 1. The second kappa shape index (κ2) is 6.81. The lowest BCUT2D eigenvalue weighted by molar-refractivity contribution is 0.0963. The standard InChI is InChI=1S/C18H26N4O2/c1-12-4-5-13(17(23)19-2)10-16(12)20-18(24)22-14-6-7-15(22)11-21(3)9-8-14/h4-5,10,14-15H,6-9,11H2,1-3H3,(H,19,23)(H,20,24)/t14-,15+/m1/s1. The van der Waals surface area contributed by atoms with Crippen LogP contribution in [0.2, 0.25) is 0 Å². The fraction of sp³-hybridized carbons (Fsp3) is 0.556. The lowest BCUT2D eigenvalue weighted by Gasteiger charge is -2.29. The molecule has 130 valence electrons. The van der Waals surface area contributed by atoms with E-state index in [4.69, 9.17) is 0 Å². The van der Waals surface area contributed by atoms with Gasteiger partial charge >= 0.3 is 6.03 Å². The van der Waals surface area contributed by atoms with Crippen LogP contribution in [0.1, 0.15) is 35.2 Å². The van der Waals surface area contributed by atoms with E-state index < -0.39 is 0 Å². The average Bonchev–Trinajstić information content (AvgIpc) is 2.87. The number of anilines is 1. The van der Waals surface area contributed by atoms with Gasteiger partial charge in [0, 0.05) is 36.9 Å². The molecule has 2 atom stereocenters. The number of benzene rings is 1. The lowest BCUT2D eigenvalue weighted by atomic mass is 10.1. The van der Waals surface area contributed by atoms with Crippen LogP contribution in [0.25, 0.3) is 0 Å². The number of amides is 3. The van der Waals surface area contributed by atoms with Crippen molar-refractivity contribution >= 4 is 17.6 Å². The zero-order valence-corrected chi connectivity index (χ0v) is 14.6. The summed E-state index contributed by atoms with van der Waals surface area (Å²) in [6.45, 7) is 3.91. The molecule has 1 aromatic carbocycles. The second-order valence-electron chi connectivity index (χ2n) is 6.88. The summed E-state index contributed by atoms with van der Waals surface area (Å²) in [5.74, 6) is -0.151. The topological polar surface area (TPSA) is 64.7 Å². The van der Waals surface area contributed by atoms with Gasteiger partial charge in [0.05, 0.1) is 0 Å². The molecule has 24 heavy (non-hydrogen) atoms. The first-order chi connectivity index (χ1) is 11.5. The van der Waals surface area contributed by atoms with Crippen molar-refractivity contribution in [2.24, 2.45) is 0 Å². The molecule has 0 spiro atoms. The number of hydrogen-bond acceptors (Lipinski definition) is 3. The number of hydrogen-bond donors (Lipinski definition) is 2. The molecule has 0 saturated carbocycles. The molecule has 2 heterocycles. The van der Waals surface area contributed by atoms with E-state index in [9.17, 15) is 9.59 Å². The zero-order valence-electron chi connectivity index (χ0n) is 14.6. The summed E-state index contributed by atoms with van der Waals surface area (Å²) < 4.78 is 0. The first kappa shape index (κ1) is 16.8. The maximum absolute atomic E-state index is 12.9. The average molecular weight is 330 g/mol. The van der Waals surface area contributed by atoms with E-state index in [1.165, 1.54) is 0 Å². The third-order valence-electron chi connectivity index (χ3n) is 5.19. The number of nitrogens with zero attached hydrogens (tertiary/aromatic N) is 2. The third kappa shape index (κ3) is 3.24. The highest BCUT2D eigenvalue weighted by Crippen LogP contribution is 2.31. The van der Waals surface area contributed by atoms with Crippen LogP contribution in [-0.2, 0) is 0 Å².